The zero-order valence-electron chi connectivity index (χ0n) is 12.4. The van der Waals surface area contributed by atoms with E-state index in [0.717, 1.165) is 23.4 Å². The van der Waals surface area contributed by atoms with Crippen molar-refractivity contribution in [2.75, 3.05) is 0 Å². The summed E-state index contributed by atoms with van der Waals surface area (Å²) in [7, 11) is 0. The maximum Gasteiger partial charge on any atom is 0.137 e. The van der Waals surface area contributed by atoms with E-state index in [4.69, 9.17) is 23.2 Å². The minimum absolute atomic E-state index is 0.395. The van der Waals surface area contributed by atoms with E-state index in [2.05, 4.69) is 51.0 Å². The zero-order valence-corrected chi connectivity index (χ0v) is 13.9. The molecule has 0 N–H and O–H groups in total. The molecule has 0 aliphatic heterocycles. The van der Waals surface area contributed by atoms with Gasteiger partial charge in [0.05, 0.1) is 17.3 Å². The summed E-state index contributed by atoms with van der Waals surface area (Å²) < 4.78 is 1.80. The van der Waals surface area contributed by atoms with Crippen LogP contribution in [0.15, 0.2) is 18.2 Å². The van der Waals surface area contributed by atoms with Crippen LogP contribution in [0.2, 0.25) is 5.15 Å². The van der Waals surface area contributed by atoms with Crippen molar-refractivity contribution in [3.05, 3.63) is 45.7 Å². The molecule has 0 aliphatic carbocycles. The monoisotopic (exact) mass is 310 g/mol. The summed E-state index contributed by atoms with van der Waals surface area (Å²) in [5, 5.41) is 5.30. The predicted octanol–water partition coefficient (Wildman–Crippen LogP) is 5.08. The van der Waals surface area contributed by atoms with E-state index in [-0.39, 0.29) is 0 Å². The van der Waals surface area contributed by atoms with Crippen molar-refractivity contribution in [1.82, 2.24) is 9.78 Å². The first-order valence-corrected chi connectivity index (χ1v) is 7.74. The van der Waals surface area contributed by atoms with Gasteiger partial charge in [-0.1, -0.05) is 31.5 Å². The SMILES string of the molecule is Cc1cc(C)cc(-n2nc(CC(C)C)c(CCl)c2Cl)c1. The maximum atomic E-state index is 6.47. The van der Waals surface area contributed by atoms with Crippen molar-refractivity contribution in [3.8, 4) is 5.69 Å². The van der Waals surface area contributed by atoms with Crippen LogP contribution < -0.4 is 0 Å². The van der Waals surface area contributed by atoms with Crippen molar-refractivity contribution >= 4 is 23.2 Å². The maximum absolute atomic E-state index is 6.47. The molecule has 0 aliphatic rings. The fraction of sp³-hybridized carbons (Fsp3) is 0.438. The predicted molar refractivity (Wildman–Crippen MR) is 86.1 cm³/mol. The Morgan fingerprint density at radius 1 is 1.15 bits per heavy atom. The Balaban J connectivity index is 2.54. The van der Waals surface area contributed by atoms with Crippen molar-refractivity contribution in [2.24, 2.45) is 5.92 Å². The van der Waals surface area contributed by atoms with Gasteiger partial charge in [-0.3, -0.25) is 0 Å². The van der Waals surface area contributed by atoms with Crippen LogP contribution in [0.5, 0.6) is 0 Å². The second-order valence-corrected chi connectivity index (χ2v) is 6.33. The smallest absolute Gasteiger partial charge is 0.137 e. The summed E-state index contributed by atoms with van der Waals surface area (Å²) in [6.45, 7) is 8.49. The molecule has 0 unspecified atom stereocenters. The fourth-order valence-electron chi connectivity index (χ4n) is 2.40. The summed E-state index contributed by atoms with van der Waals surface area (Å²) in [5.41, 5.74) is 5.34. The molecule has 0 spiro atoms. The van der Waals surface area contributed by atoms with Crippen molar-refractivity contribution in [2.45, 2.75) is 40.0 Å². The molecule has 2 aromatic rings. The van der Waals surface area contributed by atoms with Crippen molar-refractivity contribution in [3.63, 3.8) is 0 Å². The standard InChI is InChI=1S/C16H20Cl2N2/c1-10(2)5-15-14(9-17)16(18)20(19-15)13-7-11(3)6-12(4)8-13/h6-8,10H,5,9H2,1-4H3. The second kappa shape index (κ2) is 6.19. The Kier molecular flexibility index (Phi) is 4.77. The molecule has 2 rings (SSSR count). The third kappa shape index (κ3) is 3.18. The van der Waals surface area contributed by atoms with E-state index in [9.17, 15) is 0 Å². The highest BCUT2D eigenvalue weighted by Crippen LogP contribution is 2.27. The first-order valence-electron chi connectivity index (χ1n) is 6.83. The summed E-state index contributed by atoms with van der Waals surface area (Å²) in [4.78, 5) is 0. The highest BCUT2D eigenvalue weighted by Gasteiger charge is 2.17. The minimum atomic E-state index is 0.395. The Labute approximate surface area is 130 Å². The molecule has 2 nitrogen and oxygen atoms in total. The number of nitrogens with zero attached hydrogens (tertiary/aromatic N) is 2. The van der Waals surface area contributed by atoms with Gasteiger partial charge in [0.1, 0.15) is 5.15 Å². The molecule has 1 aromatic carbocycles. The van der Waals surface area contributed by atoms with Crippen LogP contribution in [0.4, 0.5) is 0 Å². The number of alkyl halides is 1. The van der Waals surface area contributed by atoms with Crippen LogP contribution in [0.3, 0.4) is 0 Å². The summed E-state index contributed by atoms with van der Waals surface area (Å²) in [5.74, 6) is 0.918. The molecule has 0 fully saturated rings. The van der Waals surface area contributed by atoms with E-state index >= 15 is 0 Å². The Morgan fingerprint density at radius 2 is 1.75 bits per heavy atom. The normalized spacial score (nSPS) is 11.3. The quantitative estimate of drug-likeness (QED) is 0.720. The van der Waals surface area contributed by atoms with Crippen LogP contribution >= 0.6 is 23.2 Å². The lowest BCUT2D eigenvalue weighted by Crippen LogP contribution is -2.00. The average molecular weight is 311 g/mol. The van der Waals surface area contributed by atoms with E-state index in [0.29, 0.717) is 17.0 Å². The molecule has 0 atom stereocenters. The zero-order chi connectivity index (χ0) is 14.9. The topological polar surface area (TPSA) is 17.8 Å². The number of aromatic nitrogens is 2. The molecule has 4 heteroatoms. The largest absolute Gasteiger partial charge is 0.222 e. The fourth-order valence-corrected chi connectivity index (χ4v) is 3.06. The minimum Gasteiger partial charge on any atom is -0.222 e. The highest BCUT2D eigenvalue weighted by atomic mass is 35.5. The molecule has 108 valence electrons. The molecular formula is C16H20Cl2N2. The molecular weight excluding hydrogens is 291 g/mol. The van der Waals surface area contributed by atoms with E-state index in [1.54, 1.807) is 4.68 Å². The first-order chi connectivity index (χ1) is 9.42. The molecule has 0 saturated carbocycles. The van der Waals surface area contributed by atoms with Crippen LogP contribution in [0, 0.1) is 19.8 Å². The number of hydrogen-bond donors (Lipinski definition) is 0. The highest BCUT2D eigenvalue weighted by molar-refractivity contribution is 6.31. The Hall–Kier alpha value is -0.990. The molecule has 1 heterocycles. The molecule has 0 bridgehead atoms. The van der Waals surface area contributed by atoms with Gasteiger partial charge in [0.2, 0.25) is 0 Å². The summed E-state index contributed by atoms with van der Waals surface area (Å²) in [6, 6.07) is 6.31. The van der Waals surface area contributed by atoms with Gasteiger partial charge in [-0.2, -0.15) is 5.10 Å². The summed E-state index contributed by atoms with van der Waals surface area (Å²) in [6.07, 6.45) is 0.888. The summed E-state index contributed by atoms with van der Waals surface area (Å²) >= 11 is 12.5. The first kappa shape index (κ1) is 15.4. The lowest BCUT2D eigenvalue weighted by Gasteiger charge is -2.06. The van der Waals surface area contributed by atoms with E-state index < -0.39 is 0 Å². The van der Waals surface area contributed by atoms with Crippen LogP contribution in [0.25, 0.3) is 5.69 Å². The number of rotatable bonds is 4. The van der Waals surface area contributed by atoms with Crippen molar-refractivity contribution in [1.29, 1.82) is 0 Å². The average Bonchev–Trinajstić information content (AvgIpc) is 2.63. The number of benzene rings is 1. The molecule has 20 heavy (non-hydrogen) atoms. The Bertz CT molecular complexity index is 595. The van der Waals surface area contributed by atoms with Gasteiger partial charge in [-0.25, -0.2) is 4.68 Å². The number of hydrogen-bond acceptors (Lipinski definition) is 1. The van der Waals surface area contributed by atoms with Crippen LogP contribution in [0.1, 0.15) is 36.2 Å². The number of aryl methyl sites for hydroxylation is 2. The van der Waals surface area contributed by atoms with Gasteiger partial charge in [-0.15, -0.1) is 11.6 Å². The van der Waals surface area contributed by atoms with Gasteiger partial charge in [0.25, 0.3) is 0 Å². The second-order valence-electron chi connectivity index (χ2n) is 5.71. The van der Waals surface area contributed by atoms with Crippen LogP contribution in [-0.2, 0) is 12.3 Å². The lowest BCUT2D eigenvalue weighted by molar-refractivity contribution is 0.626. The third-order valence-electron chi connectivity index (χ3n) is 3.19. The van der Waals surface area contributed by atoms with Crippen molar-refractivity contribution < 1.29 is 0 Å². The van der Waals surface area contributed by atoms with E-state index in [1.165, 1.54) is 11.1 Å². The van der Waals surface area contributed by atoms with Crippen LogP contribution in [-0.4, -0.2) is 9.78 Å². The molecule has 1 aromatic heterocycles. The van der Waals surface area contributed by atoms with Gasteiger partial charge >= 0.3 is 0 Å². The van der Waals surface area contributed by atoms with Gasteiger partial charge < -0.3 is 0 Å². The molecule has 0 amide bonds. The van der Waals surface area contributed by atoms with Gasteiger partial charge in [0.15, 0.2) is 0 Å². The van der Waals surface area contributed by atoms with Gasteiger partial charge in [0, 0.05) is 5.56 Å². The molecule has 0 radical (unpaired) electrons. The third-order valence-corrected chi connectivity index (χ3v) is 3.85. The van der Waals surface area contributed by atoms with Gasteiger partial charge in [-0.05, 0) is 49.4 Å². The Morgan fingerprint density at radius 3 is 2.25 bits per heavy atom. The molecule has 0 saturated heterocycles. The number of halogens is 2. The lowest BCUT2D eigenvalue weighted by atomic mass is 10.1. The van der Waals surface area contributed by atoms with E-state index in [1.807, 2.05) is 0 Å².